The molecule has 30 heavy (non-hydrogen) atoms. The van der Waals surface area contributed by atoms with E-state index >= 15 is 0 Å². The van der Waals surface area contributed by atoms with E-state index in [2.05, 4.69) is 34.6 Å². The van der Waals surface area contributed by atoms with Crippen LogP contribution >= 0.6 is 23.1 Å². The minimum Gasteiger partial charge on any atom is -0.467 e. The van der Waals surface area contributed by atoms with Gasteiger partial charge in [0, 0.05) is 5.69 Å². The Balaban J connectivity index is 1.51. The fourth-order valence-corrected chi connectivity index (χ4v) is 4.82. The number of amides is 1. The number of furan rings is 1. The summed E-state index contributed by atoms with van der Waals surface area (Å²) >= 11 is 2.97. The molecule has 6 nitrogen and oxygen atoms in total. The fourth-order valence-electron chi connectivity index (χ4n) is 3.37. The van der Waals surface area contributed by atoms with Crippen molar-refractivity contribution in [3.05, 3.63) is 70.5 Å². The number of nitrogens with zero attached hydrogens (tertiary/aromatic N) is 3. The molecule has 1 amide bonds. The van der Waals surface area contributed by atoms with Crippen molar-refractivity contribution in [3.8, 4) is 10.7 Å². The molecule has 3 heterocycles. The van der Waals surface area contributed by atoms with Crippen LogP contribution < -0.4 is 5.32 Å². The Morgan fingerprint density at radius 2 is 1.97 bits per heavy atom. The van der Waals surface area contributed by atoms with Crippen molar-refractivity contribution < 1.29 is 9.21 Å². The zero-order chi connectivity index (χ0) is 21.1. The molecule has 4 rings (SSSR count). The summed E-state index contributed by atoms with van der Waals surface area (Å²) in [5, 5.41) is 14.4. The third-order valence-electron chi connectivity index (χ3n) is 4.63. The molecular formula is C22H22N4O2S2. The molecule has 0 atom stereocenters. The van der Waals surface area contributed by atoms with Gasteiger partial charge in [-0.25, -0.2) is 0 Å². The summed E-state index contributed by atoms with van der Waals surface area (Å²) in [6.45, 7) is 6.58. The minimum absolute atomic E-state index is 0.0692. The molecule has 0 aliphatic rings. The lowest BCUT2D eigenvalue weighted by Gasteiger charge is -2.13. The van der Waals surface area contributed by atoms with E-state index in [-0.39, 0.29) is 11.7 Å². The van der Waals surface area contributed by atoms with Crippen molar-refractivity contribution in [2.24, 2.45) is 0 Å². The maximum atomic E-state index is 12.6. The van der Waals surface area contributed by atoms with E-state index < -0.39 is 0 Å². The third-order valence-corrected chi connectivity index (χ3v) is 6.46. The summed E-state index contributed by atoms with van der Waals surface area (Å²) in [6.07, 6.45) is 1.65. The summed E-state index contributed by atoms with van der Waals surface area (Å²) in [4.78, 5) is 13.7. The average molecular weight is 439 g/mol. The fraction of sp³-hybridized carbons (Fsp3) is 0.227. The van der Waals surface area contributed by atoms with E-state index in [1.54, 1.807) is 17.6 Å². The maximum Gasteiger partial charge on any atom is 0.234 e. The summed E-state index contributed by atoms with van der Waals surface area (Å²) in [7, 11) is 0. The van der Waals surface area contributed by atoms with E-state index in [4.69, 9.17) is 4.42 Å². The number of hydrogen-bond donors (Lipinski definition) is 1. The van der Waals surface area contributed by atoms with E-state index in [1.807, 2.05) is 48.1 Å². The molecule has 0 bridgehead atoms. The van der Waals surface area contributed by atoms with Gasteiger partial charge < -0.3 is 9.73 Å². The molecule has 0 aliphatic heterocycles. The molecule has 0 saturated heterocycles. The average Bonchev–Trinajstić information content (AvgIpc) is 3.45. The predicted molar refractivity (Wildman–Crippen MR) is 121 cm³/mol. The zero-order valence-electron chi connectivity index (χ0n) is 17.0. The molecule has 0 radical (unpaired) electrons. The van der Waals surface area contributed by atoms with Gasteiger partial charge in [0.25, 0.3) is 0 Å². The van der Waals surface area contributed by atoms with Crippen LogP contribution in [-0.2, 0) is 11.3 Å². The van der Waals surface area contributed by atoms with Crippen LogP contribution in [0.15, 0.2) is 57.6 Å². The number of carbonyl (C=O) groups is 1. The number of nitrogens with one attached hydrogen (secondary N) is 1. The smallest absolute Gasteiger partial charge is 0.234 e. The van der Waals surface area contributed by atoms with Gasteiger partial charge in [-0.05, 0) is 55.5 Å². The number of benzene rings is 1. The Morgan fingerprint density at radius 3 is 2.63 bits per heavy atom. The van der Waals surface area contributed by atoms with Crippen LogP contribution in [0.3, 0.4) is 0 Å². The number of anilines is 1. The molecule has 0 unspecified atom stereocenters. The quantitative estimate of drug-likeness (QED) is 0.396. The highest BCUT2D eigenvalue weighted by molar-refractivity contribution is 7.99. The second-order valence-electron chi connectivity index (χ2n) is 7.06. The number of aryl methyl sites for hydroxylation is 3. The van der Waals surface area contributed by atoms with Crippen molar-refractivity contribution in [3.63, 3.8) is 0 Å². The van der Waals surface area contributed by atoms with E-state index in [1.165, 1.54) is 17.3 Å². The molecule has 0 saturated carbocycles. The first-order valence-corrected chi connectivity index (χ1v) is 11.4. The molecule has 154 valence electrons. The maximum absolute atomic E-state index is 12.6. The topological polar surface area (TPSA) is 73.0 Å². The minimum atomic E-state index is -0.0692. The Bertz CT molecular complexity index is 1130. The molecular weight excluding hydrogens is 416 g/mol. The van der Waals surface area contributed by atoms with Crippen molar-refractivity contribution in [2.75, 3.05) is 11.1 Å². The lowest BCUT2D eigenvalue weighted by Crippen LogP contribution is -2.16. The molecule has 3 aromatic heterocycles. The van der Waals surface area contributed by atoms with Crippen molar-refractivity contribution in [1.82, 2.24) is 14.8 Å². The van der Waals surface area contributed by atoms with Gasteiger partial charge in [-0.3, -0.25) is 9.36 Å². The van der Waals surface area contributed by atoms with Gasteiger partial charge in [-0.15, -0.1) is 21.5 Å². The van der Waals surface area contributed by atoms with Gasteiger partial charge in [0.05, 0.1) is 23.4 Å². The molecule has 0 spiro atoms. The molecule has 0 aliphatic carbocycles. The van der Waals surface area contributed by atoms with E-state index in [0.717, 1.165) is 33.3 Å². The van der Waals surface area contributed by atoms with Gasteiger partial charge in [0.1, 0.15) is 5.76 Å². The standard InChI is InChI=1S/C22H22N4O2S2/c1-14-10-15(2)20(16(3)11-14)23-19(27)13-30-22-25-24-21(18-7-5-9-29-18)26(22)12-17-6-4-8-28-17/h4-11H,12-13H2,1-3H3,(H,23,27). The van der Waals surface area contributed by atoms with Crippen LogP contribution in [0.2, 0.25) is 0 Å². The van der Waals surface area contributed by atoms with Crippen LogP contribution in [0.4, 0.5) is 5.69 Å². The summed E-state index contributed by atoms with van der Waals surface area (Å²) in [6, 6.07) is 11.9. The van der Waals surface area contributed by atoms with Gasteiger partial charge in [-0.1, -0.05) is 35.5 Å². The van der Waals surface area contributed by atoms with Gasteiger partial charge in [0.2, 0.25) is 5.91 Å². The Kier molecular flexibility index (Phi) is 6.06. The van der Waals surface area contributed by atoms with Crippen LogP contribution in [0, 0.1) is 20.8 Å². The third kappa shape index (κ3) is 4.49. The van der Waals surface area contributed by atoms with Gasteiger partial charge in [-0.2, -0.15) is 0 Å². The van der Waals surface area contributed by atoms with E-state index in [9.17, 15) is 4.79 Å². The normalized spacial score (nSPS) is 11.0. The first-order chi connectivity index (χ1) is 14.5. The zero-order valence-corrected chi connectivity index (χ0v) is 18.6. The van der Waals surface area contributed by atoms with E-state index in [0.29, 0.717) is 11.7 Å². The highest BCUT2D eigenvalue weighted by atomic mass is 32.2. The number of rotatable bonds is 7. The largest absolute Gasteiger partial charge is 0.467 e. The van der Waals surface area contributed by atoms with Crippen LogP contribution in [-0.4, -0.2) is 26.4 Å². The van der Waals surface area contributed by atoms with Gasteiger partial charge in [0.15, 0.2) is 11.0 Å². The number of thiophene rings is 1. The van der Waals surface area contributed by atoms with Crippen molar-refractivity contribution in [2.45, 2.75) is 32.5 Å². The highest BCUT2D eigenvalue weighted by Crippen LogP contribution is 2.29. The Labute approximate surface area is 183 Å². The molecule has 8 heteroatoms. The summed E-state index contributed by atoms with van der Waals surface area (Å²) < 4.78 is 7.50. The van der Waals surface area contributed by atoms with Crippen molar-refractivity contribution >= 4 is 34.7 Å². The molecule has 4 aromatic rings. The van der Waals surface area contributed by atoms with Crippen molar-refractivity contribution in [1.29, 1.82) is 0 Å². The molecule has 1 N–H and O–H groups in total. The first kappa shape index (κ1) is 20.4. The Morgan fingerprint density at radius 1 is 1.17 bits per heavy atom. The van der Waals surface area contributed by atoms with Crippen LogP contribution in [0.25, 0.3) is 10.7 Å². The number of carbonyl (C=O) groups excluding carboxylic acids is 1. The number of thioether (sulfide) groups is 1. The second-order valence-corrected chi connectivity index (χ2v) is 8.95. The monoisotopic (exact) mass is 438 g/mol. The lowest BCUT2D eigenvalue weighted by atomic mass is 10.1. The SMILES string of the molecule is Cc1cc(C)c(NC(=O)CSc2nnc(-c3cccs3)n2Cc2ccco2)c(C)c1. The first-order valence-electron chi connectivity index (χ1n) is 9.51. The number of aromatic nitrogens is 3. The summed E-state index contributed by atoms with van der Waals surface area (Å²) in [5.74, 6) is 1.76. The summed E-state index contributed by atoms with van der Waals surface area (Å²) in [5.41, 5.74) is 4.19. The van der Waals surface area contributed by atoms with Crippen LogP contribution in [0.1, 0.15) is 22.5 Å². The Hall–Kier alpha value is -2.84. The van der Waals surface area contributed by atoms with Gasteiger partial charge >= 0.3 is 0 Å². The molecule has 0 fully saturated rings. The second kappa shape index (κ2) is 8.89. The molecule has 1 aromatic carbocycles. The highest BCUT2D eigenvalue weighted by Gasteiger charge is 2.18. The lowest BCUT2D eigenvalue weighted by molar-refractivity contribution is -0.113. The predicted octanol–water partition coefficient (Wildman–Crippen LogP) is 5.30. The number of hydrogen-bond acceptors (Lipinski definition) is 6. The van der Waals surface area contributed by atoms with Crippen LogP contribution in [0.5, 0.6) is 0 Å².